The normalized spacial score (nSPS) is 23.8. The van der Waals surface area contributed by atoms with Crippen molar-refractivity contribution < 1.29 is 24.1 Å². The number of ether oxygens (including phenoxy) is 1. The summed E-state index contributed by atoms with van der Waals surface area (Å²) in [4.78, 5) is 50.9. The molecule has 3 heterocycles. The molecule has 0 unspecified atom stereocenters. The van der Waals surface area contributed by atoms with E-state index in [0.717, 1.165) is 27.9 Å². The number of non-ortho nitro benzene ring substituents is 1. The van der Waals surface area contributed by atoms with Crippen molar-refractivity contribution in [2.45, 2.75) is 36.9 Å². The van der Waals surface area contributed by atoms with E-state index in [1.807, 2.05) is 126 Å². The number of para-hydroxylation sites is 1. The Hall–Kier alpha value is -6.00. The second kappa shape index (κ2) is 12.8. The molecule has 0 saturated carbocycles. The van der Waals surface area contributed by atoms with Gasteiger partial charge in [-0.25, -0.2) is 9.86 Å². The van der Waals surface area contributed by atoms with E-state index in [4.69, 9.17) is 9.57 Å². The van der Waals surface area contributed by atoms with Crippen LogP contribution in [0.3, 0.4) is 0 Å². The average Bonchev–Trinajstić information content (AvgIpc) is 3.71. The predicted octanol–water partition coefficient (Wildman–Crippen LogP) is 7.25. The van der Waals surface area contributed by atoms with Crippen molar-refractivity contribution in [1.29, 1.82) is 0 Å². The van der Waals surface area contributed by atoms with Crippen LogP contribution in [0.25, 0.3) is 0 Å². The number of likely N-dealkylation sites (tertiary alicyclic amines) is 2. The molecule has 2 amide bonds. The number of nitro groups is 1. The minimum Gasteiger partial charge on any atom is -0.445 e. The SMILES string of the molecule is O=C(OCc1ccccc1)N1C[C@@H]2ON(c3ccccc3)[C@@H](c3ccc([N+](=O)[O-])cc3)[C@@H]2[C@]12C(=O)N(Cc1ccccc1)[C@@H]2c1ccccc1. The first kappa shape index (κ1) is 31.3. The van der Waals surface area contributed by atoms with Gasteiger partial charge in [-0.05, 0) is 34.4 Å². The van der Waals surface area contributed by atoms with Crippen LogP contribution in [0.2, 0.25) is 0 Å². The predicted molar refractivity (Wildman–Crippen MR) is 185 cm³/mol. The lowest BCUT2D eigenvalue weighted by Gasteiger charge is -2.60. The number of nitro benzene ring substituents is 1. The van der Waals surface area contributed by atoms with Gasteiger partial charge in [0.05, 0.1) is 35.2 Å². The Bertz CT molecular complexity index is 2000. The summed E-state index contributed by atoms with van der Waals surface area (Å²) in [6, 6.07) is 43.8. The first-order valence-corrected chi connectivity index (χ1v) is 16.6. The summed E-state index contributed by atoms with van der Waals surface area (Å²) in [6.45, 7) is 0.498. The molecular weight excluding hydrogens is 632 g/mol. The minimum absolute atomic E-state index is 0.0429. The Morgan fingerprint density at radius 1 is 0.780 bits per heavy atom. The summed E-state index contributed by atoms with van der Waals surface area (Å²) in [5, 5.41) is 13.4. The zero-order valence-electron chi connectivity index (χ0n) is 27.0. The van der Waals surface area contributed by atoms with Crippen molar-refractivity contribution in [1.82, 2.24) is 9.80 Å². The first-order valence-electron chi connectivity index (χ1n) is 16.6. The summed E-state index contributed by atoms with van der Waals surface area (Å²) < 4.78 is 5.96. The van der Waals surface area contributed by atoms with Gasteiger partial charge in [0.1, 0.15) is 12.7 Å². The quantitative estimate of drug-likeness (QED) is 0.0976. The van der Waals surface area contributed by atoms with Crippen LogP contribution in [-0.2, 0) is 27.5 Å². The zero-order valence-corrected chi connectivity index (χ0v) is 27.0. The molecule has 3 aliphatic rings. The molecule has 5 aromatic carbocycles. The number of hydrogen-bond acceptors (Lipinski definition) is 7. The highest BCUT2D eigenvalue weighted by Crippen LogP contribution is 2.63. The van der Waals surface area contributed by atoms with Gasteiger partial charge >= 0.3 is 6.09 Å². The fourth-order valence-electron chi connectivity index (χ4n) is 8.00. The van der Waals surface area contributed by atoms with Crippen LogP contribution in [0, 0.1) is 16.0 Å². The number of carbonyl (C=O) groups excluding carboxylic acids is 2. The third-order valence-electron chi connectivity index (χ3n) is 10.1. The van der Waals surface area contributed by atoms with Gasteiger partial charge in [-0.2, -0.15) is 0 Å². The van der Waals surface area contributed by atoms with E-state index in [9.17, 15) is 14.9 Å². The summed E-state index contributed by atoms with van der Waals surface area (Å²) in [7, 11) is 0. The molecular formula is C40H34N4O6. The van der Waals surface area contributed by atoms with E-state index in [1.54, 1.807) is 22.1 Å². The molecule has 0 bridgehead atoms. The molecule has 3 saturated heterocycles. The fraction of sp³-hybridized carbons (Fsp3) is 0.200. The number of rotatable bonds is 8. The molecule has 10 nitrogen and oxygen atoms in total. The van der Waals surface area contributed by atoms with E-state index < -0.39 is 40.7 Å². The smallest absolute Gasteiger partial charge is 0.411 e. The second-order valence-electron chi connectivity index (χ2n) is 12.8. The van der Waals surface area contributed by atoms with Gasteiger partial charge in [0.2, 0.25) is 0 Å². The van der Waals surface area contributed by atoms with Crippen LogP contribution in [0.15, 0.2) is 146 Å². The lowest BCUT2D eigenvalue weighted by atomic mass is 9.64. The van der Waals surface area contributed by atoms with Crippen molar-refractivity contribution in [3.8, 4) is 0 Å². The summed E-state index contributed by atoms with van der Waals surface area (Å²) in [6.07, 6.45) is -1.19. The molecule has 0 aliphatic carbocycles. The Morgan fingerprint density at radius 2 is 1.36 bits per heavy atom. The number of hydrogen-bond donors (Lipinski definition) is 0. The van der Waals surface area contributed by atoms with Crippen LogP contribution >= 0.6 is 0 Å². The number of fused-ring (bicyclic) bond motifs is 2. The number of hydroxylamine groups is 1. The molecule has 0 N–H and O–H groups in total. The van der Waals surface area contributed by atoms with Gasteiger partial charge in [-0.3, -0.25) is 24.6 Å². The highest BCUT2D eigenvalue weighted by atomic mass is 16.7. The molecule has 0 aromatic heterocycles. The third-order valence-corrected chi connectivity index (χ3v) is 10.1. The van der Waals surface area contributed by atoms with E-state index in [-0.39, 0.29) is 24.7 Å². The van der Waals surface area contributed by atoms with E-state index >= 15 is 4.79 Å². The first-order chi connectivity index (χ1) is 24.5. The summed E-state index contributed by atoms with van der Waals surface area (Å²) in [5.41, 5.74) is 2.73. The fourth-order valence-corrected chi connectivity index (χ4v) is 8.00. The maximum atomic E-state index is 15.2. The Balaban J connectivity index is 1.28. The van der Waals surface area contributed by atoms with Crippen molar-refractivity contribution in [2.24, 2.45) is 5.92 Å². The van der Waals surface area contributed by atoms with Gasteiger partial charge in [-0.1, -0.05) is 121 Å². The van der Waals surface area contributed by atoms with Gasteiger partial charge in [0.15, 0.2) is 5.54 Å². The molecule has 8 rings (SSSR count). The van der Waals surface area contributed by atoms with E-state index in [0.29, 0.717) is 6.54 Å². The molecule has 5 aromatic rings. The Kier molecular flexibility index (Phi) is 8.00. The maximum Gasteiger partial charge on any atom is 0.411 e. The van der Waals surface area contributed by atoms with Crippen molar-refractivity contribution >= 4 is 23.4 Å². The lowest BCUT2D eigenvalue weighted by molar-refractivity contribution is -0.384. The zero-order chi connectivity index (χ0) is 34.2. The van der Waals surface area contributed by atoms with Crippen LogP contribution in [0.4, 0.5) is 16.2 Å². The monoisotopic (exact) mass is 666 g/mol. The van der Waals surface area contributed by atoms with E-state index in [2.05, 4.69) is 0 Å². The summed E-state index contributed by atoms with van der Waals surface area (Å²) >= 11 is 0. The van der Waals surface area contributed by atoms with Crippen molar-refractivity contribution in [2.75, 3.05) is 11.6 Å². The molecule has 10 heteroatoms. The molecule has 250 valence electrons. The molecule has 1 spiro atoms. The molecule has 3 aliphatic heterocycles. The largest absolute Gasteiger partial charge is 0.445 e. The Labute approximate surface area is 289 Å². The lowest BCUT2D eigenvalue weighted by Crippen LogP contribution is -2.76. The minimum atomic E-state index is -1.40. The second-order valence-corrected chi connectivity index (χ2v) is 12.8. The van der Waals surface area contributed by atoms with Crippen LogP contribution in [-0.4, -0.2) is 44.9 Å². The topological polar surface area (TPSA) is 105 Å². The molecule has 50 heavy (non-hydrogen) atoms. The van der Waals surface area contributed by atoms with Gasteiger partial charge in [0, 0.05) is 18.7 Å². The number of carbonyl (C=O) groups is 2. The van der Waals surface area contributed by atoms with Gasteiger partial charge in [-0.15, -0.1) is 0 Å². The van der Waals surface area contributed by atoms with E-state index in [1.165, 1.54) is 12.1 Å². The number of benzene rings is 5. The standard InChI is InChI=1S/C40H34N4O6/c45-38-40(37(31-17-9-3-10-18-31)41(38)25-28-13-5-1-6-14-28)35-34(26-42(40)39(46)49-27-29-15-7-2-8-16-29)50-43(32-19-11-4-12-20-32)36(35)30-21-23-33(24-22-30)44(47)48/h1-24,34-37H,25-27H2/t34-,35+,36-,37+,40-/m0/s1. The van der Waals surface area contributed by atoms with Gasteiger partial charge in [0.25, 0.3) is 11.6 Å². The highest BCUT2D eigenvalue weighted by Gasteiger charge is 2.78. The maximum absolute atomic E-state index is 15.2. The van der Waals surface area contributed by atoms with Crippen LogP contribution in [0.5, 0.6) is 0 Å². The molecule has 0 radical (unpaired) electrons. The van der Waals surface area contributed by atoms with Crippen LogP contribution < -0.4 is 5.06 Å². The Morgan fingerprint density at radius 3 is 1.98 bits per heavy atom. The van der Waals surface area contributed by atoms with Crippen LogP contribution in [0.1, 0.15) is 34.3 Å². The number of anilines is 1. The molecule has 5 atom stereocenters. The average molecular weight is 667 g/mol. The number of nitrogens with zero attached hydrogens (tertiary/aromatic N) is 4. The summed E-state index contributed by atoms with van der Waals surface area (Å²) in [5.74, 6) is -0.775. The number of β-lactam (4-membered cyclic amide) rings is 1. The van der Waals surface area contributed by atoms with Gasteiger partial charge < -0.3 is 9.64 Å². The van der Waals surface area contributed by atoms with Crippen molar-refractivity contribution in [3.63, 3.8) is 0 Å². The molecule has 3 fully saturated rings. The highest BCUT2D eigenvalue weighted by molar-refractivity contribution is 5.99. The number of amides is 2. The third kappa shape index (κ3) is 5.16. The van der Waals surface area contributed by atoms with Crippen molar-refractivity contribution in [3.05, 3.63) is 178 Å².